The molecule has 1 amide bonds. The number of hydrogen-bond donors (Lipinski definition) is 0. The van der Waals surface area contributed by atoms with Crippen molar-refractivity contribution in [3.63, 3.8) is 0 Å². The highest BCUT2D eigenvalue weighted by Gasteiger charge is 2.06. The van der Waals surface area contributed by atoms with Gasteiger partial charge in [-0.2, -0.15) is 0 Å². The Morgan fingerprint density at radius 1 is 0.583 bits per heavy atom. The summed E-state index contributed by atoms with van der Waals surface area (Å²) >= 11 is 0. The zero-order valence-electron chi connectivity index (χ0n) is 17.1. The summed E-state index contributed by atoms with van der Waals surface area (Å²) < 4.78 is 0. The van der Waals surface area contributed by atoms with Crippen molar-refractivity contribution in [2.24, 2.45) is 0 Å². The van der Waals surface area contributed by atoms with Crippen LogP contribution in [0.1, 0.15) is 123 Å². The molecule has 0 aliphatic carbocycles. The Morgan fingerprint density at radius 2 is 0.958 bits per heavy atom. The quantitative estimate of drug-likeness (QED) is 0.243. The molecule has 0 spiro atoms. The Hall–Kier alpha value is -0.530. The molecule has 0 unspecified atom stereocenters. The van der Waals surface area contributed by atoms with Crippen molar-refractivity contribution in [2.75, 3.05) is 13.6 Å². The summed E-state index contributed by atoms with van der Waals surface area (Å²) in [5.74, 6) is 0.326. The molecule has 0 radical (unpaired) electrons. The summed E-state index contributed by atoms with van der Waals surface area (Å²) in [5.41, 5.74) is 0. The second-order valence-corrected chi connectivity index (χ2v) is 7.52. The van der Waals surface area contributed by atoms with E-state index < -0.39 is 0 Å². The number of nitrogens with zero attached hydrogens (tertiary/aromatic N) is 1. The third-order valence-electron chi connectivity index (χ3n) is 4.98. The summed E-state index contributed by atoms with van der Waals surface area (Å²) in [6.45, 7) is 5.31. The molecule has 0 fully saturated rings. The van der Waals surface area contributed by atoms with Crippen LogP contribution in [-0.2, 0) is 4.79 Å². The molecule has 0 heterocycles. The zero-order chi connectivity index (χ0) is 17.9. The van der Waals surface area contributed by atoms with Crippen molar-refractivity contribution in [1.82, 2.24) is 4.90 Å². The smallest absolute Gasteiger partial charge is 0.222 e. The van der Waals surface area contributed by atoms with E-state index in [1.165, 1.54) is 89.9 Å². The number of carbonyl (C=O) groups is 1. The van der Waals surface area contributed by atoms with Crippen LogP contribution in [-0.4, -0.2) is 24.4 Å². The molecule has 0 N–H and O–H groups in total. The molecule has 0 rings (SSSR count). The van der Waals surface area contributed by atoms with Gasteiger partial charge in [-0.1, -0.05) is 104 Å². The first-order valence-electron chi connectivity index (χ1n) is 11.0. The van der Waals surface area contributed by atoms with Gasteiger partial charge in [-0.15, -0.1) is 0 Å². The highest BCUT2D eigenvalue weighted by atomic mass is 16.2. The highest BCUT2D eigenvalue weighted by molar-refractivity contribution is 5.75. The van der Waals surface area contributed by atoms with Crippen LogP contribution in [0.2, 0.25) is 0 Å². The van der Waals surface area contributed by atoms with Crippen molar-refractivity contribution < 1.29 is 4.79 Å². The van der Waals surface area contributed by atoms with Crippen LogP contribution in [0.15, 0.2) is 0 Å². The van der Waals surface area contributed by atoms with Gasteiger partial charge in [-0.3, -0.25) is 4.79 Å². The van der Waals surface area contributed by atoms with Crippen molar-refractivity contribution in [1.29, 1.82) is 0 Å². The summed E-state index contributed by atoms with van der Waals surface area (Å²) in [5, 5.41) is 0. The minimum absolute atomic E-state index is 0.326. The lowest BCUT2D eigenvalue weighted by Crippen LogP contribution is -2.26. The molecule has 0 aromatic rings. The molecule has 0 aromatic carbocycles. The second kappa shape index (κ2) is 18.8. The van der Waals surface area contributed by atoms with Crippen LogP contribution in [0.3, 0.4) is 0 Å². The van der Waals surface area contributed by atoms with E-state index in [0.717, 1.165) is 25.8 Å². The van der Waals surface area contributed by atoms with E-state index in [1.54, 1.807) is 0 Å². The molecule has 144 valence electrons. The van der Waals surface area contributed by atoms with Gasteiger partial charge < -0.3 is 4.90 Å². The minimum Gasteiger partial charge on any atom is -0.346 e. The average molecular weight is 340 g/mol. The number of unbranched alkanes of at least 4 members (excludes halogenated alkanes) is 14. The summed E-state index contributed by atoms with van der Waals surface area (Å²) in [4.78, 5) is 13.7. The molecule has 0 atom stereocenters. The summed E-state index contributed by atoms with van der Waals surface area (Å²) in [6, 6.07) is 0. The molecule has 24 heavy (non-hydrogen) atoms. The van der Waals surface area contributed by atoms with Crippen LogP contribution in [0.5, 0.6) is 0 Å². The number of rotatable bonds is 18. The van der Waals surface area contributed by atoms with Crippen LogP contribution >= 0.6 is 0 Å². The molecular formula is C22H45NO. The predicted molar refractivity (Wildman–Crippen MR) is 107 cm³/mol. The fourth-order valence-electron chi connectivity index (χ4n) is 3.30. The van der Waals surface area contributed by atoms with E-state index in [4.69, 9.17) is 0 Å². The normalized spacial score (nSPS) is 11.0. The fourth-order valence-corrected chi connectivity index (χ4v) is 3.30. The van der Waals surface area contributed by atoms with Gasteiger partial charge in [-0.25, -0.2) is 0 Å². The first kappa shape index (κ1) is 23.5. The van der Waals surface area contributed by atoms with Crippen molar-refractivity contribution in [2.45, 2.75) is 123 Å². The van der Waals surface area contributed by atoms with E-state index in [0.29, 0.717) is 5.91 Å². The number of amides is 1. The first-order valence-corrected chi connectivity index (χ1v) is 11.0. The molecule has 0 bridgehead atoms. The third kappa shape index (κ3) is 16.3. The van der Waals surface area contributed by atoms with Gasteiger partial charge in [0.1, 0.15) is 0 Å². The molecule has 0 saturated carbocycles. The van der Waals surface area contributed by atoms with E-state index in [1.807, 2.05) is 11.9 Å². The molecular weight excluding hydrogens is 294 g/mol. The first-order chi connectivity index (χ1) is 11.7. The van der Waals surface area contributed by atoms with E-state index in [9.17, 15) is 4.79 Å². The molecule has 0 aliphatic rings. The SMILES string of the molecule is CCCCCCCCCCCCCCCCCC(=O)N(C)CCC. The number of carbonyl (C=O) groups excluding carboxylic acids is 1. The van der Waals surface area contributed by atoms with E-state index in [-0.39, 0.29) is 0 Å². The standard InChI is InChI=1S/C22H45NO/c1-4-6-7-8-9-10-11-12-13-14-15-16-17-18-19-20-22(24)23(3)21-5-2/h4-21H2,1-3H3. The lowest BCUT2D eigenvalue weighted by molar-refractivity contribution is -0.130. The topological polar surface area (TPSA) is 20.3 Å². The third-order valence-corrected chi connectivity index (χ3v) is 4.98. The largest absolute Gasteiger partial charge is 0.346 e. The maximum atomic E-state index is 11.8. The van der Waals surface area contributed by atoms with E-state index in [2.05, 4.69) is 13.8 Å². The Bertz CT molecular complexity index is 265. The Balaban J connectivity index is 3.14. The van der Waals surface area contributed by atoms with Crippen LogP contribution in [0.25, 0.3) is 0 Å². The van der Waals surface area contributed by atoms with Crippen LogP contribution in [0, 0.1) is 0 Å². The Kier molecular flexibility index (Phi) is 18.4. The molecule has 0 aliphatic heterocycles. The second-order valence-electron chi connectivity index (χ2n) is 7.52. The predicted octanol–water partition coefficient (Wildman–Crippen LogP) is 7.12. The van der Waals surface area contributed by atoms with Crippen LogP contribution < -0.4 is 0 Å². The Labute approximate surface area is 152 Å². The summed E-state index contributed by atoms with van der Waals surface area (Å²) in [7, 11) is 1.93. The van der Waals surface area contributed by atoms with Crippen LogP contribution in [0.4, 0.5) is 0 Å². The van der Waals surface area contributed by atoms with Crippen molar-refractivity contribution in [3.8, 4) is 0 Å². The average Bonchev–Trinajstić information content (AvgIpc) is 2.58. The fraction of sp³-hybridized carbons (Fsp3) is 0.955. The van der Waals surface area contributed by atoms with Gasteiger partial charge >= 0.3 is 0 Å². The molecule has 0 saturated heterocycles. The lowest BCUT2D eigenvalue weighted by Gasteiger charge is -2.15. The molecule has 2 nitrogen and oxygen atoms in total. The minimum atomic E-state index is 0.326. The van der Waals surface area contributed by atoms with Gasteiger partial charge in [0.2, 0.25) is 5.91 Å². The molecule has 0 aromatic heterocycles. The maximum absolute atomic E-state index is 11.8. The molecule has 2 heteroatoms. The van der Waals surface area contributed by atoms with Gasteiger partial charge in [0.05, 0.1) is 0 Å². The zero-order valence-corrected chi connectivity index (χ0v) is 17.1. The Morgan fingerprint density at radius 3 is 1.33 bits per heavy atom. The summed E-state index contributed by atoms with van der Waals surface area (Å²) in [6.07, 6.45) is 22.4. The van der Waals surface area contributed by atoms with Crippen molar-refractivity contribution >= 4 is 5.91 Å². The van der Waals surface area contributed by atoms with Gasteiger partial charge in [0.25, 0.3) is 0 Å². The van der Waals surface area contributed by atoms with Gasteiger partial charge in [0.15, 0.2) is 0 Å². The van der Waals surface area contributed by atoms with Gasteiger partial charge in [-0.05, 0) is 12.8 Å². The number of hydrogen-bond acceptors (Lipinski definition) is 1. The monoisotopic (exact) mass is 339 g/mol. The highest BCUT2D eigenvalue weighted by Crippen LogP contribution is 2.13. The van der Waals surface area contributed by atoms with Crippen molar-refractivity contribution in [3.05, 3.63) is 0 Å². The van der Waals surface area contributed by atoms with Gasteiger partial charge in [0, 0.05) is 20.0 Å². The lowest BCUT2D eigenvalue weighted by atomic mass is 10.0. The van der Waals surface area contributed by atoms with E-state index >= 15 is 0 Å². The maximum Gasteiger partial charge on any atom is 0.222 e.